The minimum atomic E-state index is -0.138. The molecule has 2 rings (SSSR count). The van der Waals surface area contributed by atoms with Gasteiger partial charge in [-0.05, 0) is 25.1 Å². The summed E-state index contributed by atoms with van der Waals surface area (Å²) in [5.74, 6) is 0. The molecule has 1 aromatic rings. The lowest BCUT2D eigenvalue weighted by Crippen LogP contribution is -2.33. The highest BCUT2D eigenvalue weighted by molar-refractivity contribution is 5.20. The van der Waals surface area contributed by atoms with E-state index in [-0.39, 0.29) is 12.0 Å². The average Bonchev–Trinajstić information content (AvgIpc) is 2.69. The van der Waals surface area contributed by atoms with Crippen LogP contribution in [0.25, 0.3) is 0 Å². The fraction of sp³-hybridized carbons (Fsp3) is 0.500. The van der Waals surface area contributed by atoms with Crippen LogP contribution in [0.15, 0.2) is 24.4 Å². The van der Waals surface area contributed by atoms with Gasteiger partial charge in [0.2, 0.25) is 0 Å². The number of aliphatic hydroxyl groups is 1. The first-order chi connectivity index (χ1) is 6.37. The number of rotatable bonds is 2. The van der Waals surface area contributed by atoms with E-state index in [1.54, 1.807) is 6.20 Å². The fourth-order valence-electron chi connectivity index (χ4n) is 1.85. The van der Waals surface area contributed by atoms with Crippen LogP contribution < -0.4 is 5.32 Å². The molecule has 2 heterocycles. The van der Waals surface area contributed by atoms with Crippen molar-refractivity contribution in [1.29, 1.82) is 0 Å². The van der Waals surface area contributed by atoms with Gasteiger partial charge < -0.3 is 10.4 Å². The van der Waals surface area contributed by atoms with E-state index < -0.39 is 0 Å². The Morgan fingerprint density at radius 3 is 3.00 bits per heavy atom. The van der Waals surface area contributed by atoms with Gasteiger partial charge in [0.25, 0.3) is 0 Å². The Morgan fingerprint density at radius 1 is 1.54 bits per heavy atom. The fourth-order valence-corrected chi connectivity index (χ4v) is 1.85. The molecule has 3 nitrogen and oxygen atoms in total. The molecule has 0 spiro atoms. The molecule has 1 saturated heterocycles. The standard InChI is InChI=1S/C10H14N2O/c13-8-10(4-6-11-7-10)9-3-1-2-5-12-9/h1-3,5,11,13H,4,6-8H2. The van der Waals surface area contributed by atoms with E-state index in [2.05, 4.69) is 10.3 Å². The molecule has 1 aliphatic heterocycles. The van der Waals surface area contributed by atoms with E-state index in [9.17, 15) is 5.11 Å². The third kappa shape index (κ3) is 1.45. The van der Waals surface area contributed by atoms with Gasteiger partial charge in [-0.15, -0.1) is 0 Å². The maximum Gasteiger partial charge on any atom is 0.0555 e. The Kier molecular flexibility index (Phi) is 2.29. The van der Waals surface area contributed by atoms with E-state index in [1.165, 1.54) is 0 Å². The van der Waals surface area contributed by atoms with Crippen molar-refractivity contribution in [2.24, 2.45) is 0 Å². The first-order valence-corrected chi connectivity index (χ1v) is 4.60. The van der Waals surface area contributed by atoms with Crippen molar-refractivity contribution in [3.63, 3.8) is 0 Å². The van der Waals surface area contributed by atoms with Crippen molar-refractivity contribution in [2.75, 3.05) is 19.7 Å². The topological polar surface area (TPSA) is 45.2 Å². The van der Waals surface area contributed by atoms with Crippen LogP contribution in [-0.4, -0.2) is 29.8 Å². The zero-order valence-electron chi connectivity index (χ0n) is 7.53. The normalized spacial score (nSPS) is 27.8. The molecule has 0 amide bonds. The van der Waals surface area contributed by atoms with Gasteiger partial charge in [-0.3, -0.25) is 4.98 Å². The Morgan fingerprint density at radius 2 is 2.46 bits per heavy atom. The smallest absolute Gasteiger partial charge is 0.0555 e. The lowest BCUT2D eigenvalue weighted by atomic mass is 9.84. The van der Waals surface area contributed by atoms with Gasteiger partial charge in [0.05, 0.1) is 12.3 Å². The average molecular weight is 178 g/mol. The van der Waals surface area contributed by atoms with Gasteiger partial charge in [-0.2, -0.15) is 0 Å². The molecule has 1 aliphatic rings. The van der Waals surface area contributed by atoms with Crippen molar-refractivity contribution in [3.8, 4) is 0 Å². The number of aliphatic hydroxyl groups excluding tert-OH is 1. The van der Waals surface area contributed by atoms with Gasteiger partial charge >= 0.3 is 0 Å². The second-order valence-electron chi connectivity index (χ2n) is 3.58. The number of nitrogens with zero attached hydrogens (tertiary/aromatic N) is 1. The minimum absolute atomic E-state index is 0.138. The lowest BCUT2D eigenvalue weighted by Gasteiger charge is -2.24. The molecule has 70 valence electrons. The van der Waals surface area contributed by atoms with Gasteiger partial charge in [0.15, 0.2) is 0 Å². The summed E-state index contributed by atoms with van der Waals surface area (Å²) < 4.78 is 0. The molecule has 1 aromatic heterocycles. The van der Waals surface area contributed by atoms with Crippen LogP contribution in [0.5, 0.6) is 0 Å². The summed E-state index contributed by atoms with van der Waals surface area (Å²) in [5, 5.41) is 12.7. The molecule has 0 saturated carbocycles. The van der Waals surface area contributed by atoms with E-state index in [0.29, 0.717) is 0 Å². The molecular weight excluding hydrogens is 164 g/mol. The molecule has 1 fully saturated rings. The van der Waals surface area contributed by atoms with Crippen LogP contribution in [0, 0.1) is 0 Å². The Labute approximate surface area is 77.8 Å². The van der Waals surface area contributed by atoms with Crippen LogP contribution in [0.1, 0.15) is 12.1 Å². The van der Waals surface area contributed by atoms with E-state index >= 15 is 0 Å². The molecule has 0 aromatic carbocycles. The van der Waals surface area contributed by atoms with Crippen molar-refractivity contribution in [2.45, 2.75) is 11.8 Å². The zero-order chi connectivity index (χ0) is 9.15. The van der Waals surface area contributed by atoms with Crippen molar-refractivity contribution in [1.82, 2.24) is 10.3 Å². The summed E-state index contributed by atoms with van der Waals surface area (Å²) >= 11 is 0. The van der Waals surface area contributed by atoms with Crippen molar-refractivity contribution < 1.29 is 5.11 Å². The maximum atomic E-state index is 9.39. The maximum absolute atomic E-state index is 9.39. The monoisotopic (exact) mass is 178 g/mol. The first-order valence-electron chi connectivity index (χ1n) is 4.60. The SMILES string of the molecule is OCC1(c2ccccn2)CCNC1. The van der Waals surface area contributed by atoms with Crippen LogP contribution >= 0.6 is 0 Å². The third-order valence-corrected chi connectivity index (χ3v) is 2.75. The van der Waals surface area contributed by atoms with Crippen LogP contribution in [0.2, 0.25) is 0 Å². The number of pyridine rings is 1. The minimum Gasteiger partial charge on any atom is -0.395 e. The van der Waals surface area contributed by atoms with Crippen molar-refractivity contribution >= 4 is 0 Å². The summed E-state index contributed by atoms with van der Waals surface area (Å²) in [6.07, 6.45) is 2.76. The molecule has 0 bridgehead atoms. The van der Waals surface area contributed by atoms with Gasteiger partial charge in [-0.1, -0.05) is 6.07 Å². The summed E-state index contributed by atoms with van der Waals surface area (Å²) in [5.41, 5.74) is 0.865. The molecule has 2 N–H and O–H groups in total. The molecule has 1 unspecified atom stereocenters. The molecule has 1 atom stereocenters. The van der Waals surface area contributed by atoms with Gasteiger partial charge in [0, 0.05) is 18.2 Å². The quantitative estimate of drug-likeness (QED) is 0.685. The zero-order valence-corrected chi connectivity index (χ0v) is 7.53. The first kappa shape index (κ1) is 8.66. The number of aromatic nitrogens is 1. The van der Waals surface area contributed by atoms with Crippen molar-refractivity contribution in [3.05, 3.63) is 30.1 Å². The number of hydrogen-bond acceptors (Lipinski definition) is 3. The second kappa shape index (κ2) is 3.44. The Hall–Kier alpha value is -0.930. The predicted molar refractivity (Wildman–Crippen MR) is 50.5 cm³/mol. The second-order valence-corrected chi connectivity index (χ2v) is 3.58. The third-order valence-electron chi connectivity index (χ3n) is 2.75. The van der Waals surface area contributed by atoms with E-state index in [0.717, 1.165) is 25.2 Å². The predicted octanol–water partition coefficient (Wildman–Crippen LogP) is 0.305. The molecule has 0 aliphatic carbocycles. The summed E-state index contributed by atoms with van der Waals surface area (Å²) in [6.45, 7) is 1.98. The summed E-state index contributed by atoms with van der Waals surface area (Å²) in [7, 11) is 0. The van der Waals surface area contributed by atoms with E-state index in [1.807, 2.05) is 18.2 Å². The number of nitrogens with one attached hydrogen (secondary N) is 1. The summed E-state index contributed by atoms with van der Waals surface area (Å²) in [4.78, 5) is 4.30. The van der Waals surface area contributed by atoms with Crippen LogP contribution in [0.3, 0.4) is 0 Å². The summed E-state index contributed by atoms with van der Waals surface area (Å²) in [6, 6.07) is 5.86. The largest absolute Gasteiger partial charge is 0.395 e. The Bertz CT molecular complexity index is 268. The molecular formula is C10H14N2O. The van der Waals surface area contributed by atoms with Gasteiger partial charge in [0.1, 0.15) is 0 Å². The molecule has 3 heteroatoms. The lowest BCUT2D eigenvalue weighted by molar-refractivity contribution is 0.202. The van der Waals surface area contributed by atoms with Gasteiger partial charge in [-0.25, -0.2) is 0 Å². The highest BCUT2D eigenvalue weighted by Gasteiger charge is 2.35. The highest BCUT2D eigenvalue weighted by atomic mass is 16.3. The molecule has 0 radical (unpaired) electrons. The number of hydrogen-bond donors (Lipinski definition) is 2. The highest BCUT2D eigenvalue weighted by Crippen LogP contribution is 2.28. The molecule has 13 heavy (non-hydrogen) atoms. The Balaban J connectivity index is 2.31. The van der Waals surface area contributed by atoms with E-state index in [4.69, 9.17) is 0 Å². The van der Waals surface area contributed by atoms with Crippen LogP contribution in [0.4, 0.5) is 0 Å². The van der Waals surface area contributed by atoms with Crippen LogP contribution in [-0.2, 0) is 5.41 Å².